The average Bonchev–Trinajstić information content (AvgIpc) is 2.76. The molecule has 1 atom stereocenters. The molecule has 2 aromatic heterocycles. The molecule has 17 heavy (non-hydrogen) atoms. The van der Waals surface area contributed by atoms with Gasteiger partial charge < -0.3 is 15.1 Å². The quantitative estimate of drug-likeness (QED) is 0.813. The summed E-state index contributed by atoms with van der Waals surface area (Å²) in [7, 11) is 0. The Labute approximate surface area is 102 Å². The second kappa shape index (κ2) is 3.78. The molecule has 0 radical (unpaired) electrons. The van der Waals surface area contributed by atoms with Crippen LogP contribution in [0.15, 0.2) is 34.9 Å². The molecule has 0 bridgehead atoms. The third-order valence-corrected chi connectivity index (χ3v) is 2.69. The number of amides is 1. The van der Waals surface area contributed by atoms with Crippen molar-refractivity contribution in [3.63, 3.8) is 0 Å². The van der Waals surface area contributed by atoms with E-state index in [-0.39, 0.29) is 11.1 Å². The van der Waals surface area contributed by atoms with Crippen molar-refractivity contribution in [1.29, 1.82) is 0 Å². The first-order valence-electron chi connectivity index (χ1n) is 5.02. The summed E-state index contributed by atoms with van der Waals surface area (Å²) >= 11 is 5.69. The fourth-order valence-electron chi connectivity index (χ4n) is 1.71. The molecule has 3 rings (SSSR count). The number of aromatic nitrogens is 1. The van der Waals surface area contributed by atoms with Gasteiger partial charge in [-0.2, -0.15) is 0 Å². The van der Waals surface area contributed by atoms with Crippen molar-refractivity contribution >= 4 is 23.3 Å². The predicted octanol–water partition coefficient (Wildman–Crippen LogP) is 2.18. The molecule has 0 aromatic carbocycles. The summed E-state index contributed by atoms with van der Waals surface area (Å²) in [6.07, 6.45) is 1.17. The highest BCUT2D eigenvalue weighted by Gasteiger charge is 2.27. The maximum absolute atomic E-state index is 11.8. The lowest BCUT2D eigenvalue weighted by Crippen LogP contribution is -2.38. The van der Waals surface area contributed by atoms with Gasteiger partial charge in [0.1, 0.15) is 11.6 Å². The highest BCUT2D eigenvalue weighted by Crippen LogP contribution is 2.26. The summed E-state index contributed by atoms with van der Waals surface area (Å²) in [5.41, 5.74) is 0.515. The first-order chi connectivity index (χ1) is 8.24. The third-order valence-electron chi connectivity index (χ3n) is 2.49. The molecule has 6 heteroatoms. The van der Waals surface area contributed by atoms with Crippen LogP contribution in [0.2, 0.25) is 5.22 Å². The van der Waals surface area contributed by atoms with Gasteiger partial charge in [-0.15, -0.1) is 0 Å². The Morgan fingerprint density at radius 3 is 2.94 bits per heavy atom. The minimum Gasteiger partial charge on any atom is -0.445 e. The zero-order chi connectivity index (χ0) is 11.8. The zero-order valence-corrected chi connectivity index (χ0v) is 9.36. The Hall–Kier alpha value is -2.01. The molecule has 0 saturated carbocycles. The van der Waals surface area contributed by atoms with Crippen molar-refractivity contribution in [2.75, 3.05) is 5.32 Å². The Morgan fingerprint density at radius 1 is 1.29 bits per heavy atom. The van der Waals surface area contributed by atoms with Crippen LogP contribution < -0.4 is 10.6 Å². The van der Waals surface area contributed by atoms with Crippen molar-refractivity contribution in [3.8, 4) is 0 Å². The van der Waals surface area contributed by atoms with Gasteiger partial charge in [0.05, 0.1) is 5.56 Å². The third kappa shape index (κ3) is 1.74. The Balaban J connectivity index is 1.96. The number of rotatable bonds is 1. The van der Waals surface area contributed by atoms with Crippen LogP contribution in [0.1, 0.15) is 22.3 Å². The fourth-order valence-corrected chi connectivity index (χ4v) is 1.86. The minimum absolute atomic E-state index is 0.190. The summed E-state index contributed by atoms with van der Waals surface area (Å²) in [5.74, 6) is 0.887. The number of nitrogens with zero attached hydrogens (tertiary/aromatic N) is 1. The SMILES string of the molecule is O=C1N[C@@H](c2ccc(Cl)o2)Nc2ncccc21. The van der Waals surface area contributed by atoms with Gasteiger partial charge >= 0.3 is 0 Å². The molecule has 0 saturated heterocycles. The summed E-state index contributed by atoms with van der Waals surface area (Å²) in [6, 6.07) is 6.74. The van der Waals surface area contributed by atoms with Crippen molar-refractivity contribution in [3.05, 3.63) is 47.0 Å². The molecule has 1 aliphatic heterocycles. The van der Waals surface area contributed by atoms with Crippen LogP contribution in [0.4, 0.5) is 5.82 Å². The van der Waals surface area contributed by atoms with Gasteiger partial charge in [0, 0.05) is 6.20 Å². The fraction of sp³-hybridized carbons (Fsp3) is 0.0909. The van der Waals surface area contributed by atoms with E-state index < -0.39 is 6.17 Å². The van der Waals surface area contributed by atoms with E-state index in [4.69, 9.17) is 16.0 Å². The second-order valence-corrected chi connectivity index (χ2v) is 3.96. The molecule has 2 N–H and O–H groups in total. The highest BCUT2D eigenvalue weighted by molar-refractivity contribution is 6.28. The topological polar surface area (TPSA) is 67.2 Å². The van der Waals surface area contributed by atoms with Crippen LogP contribution in [0, 0.1) is 0 Å². The van der Waals surface area contributed by atoms with E-state index >= 15 is 0 Å². The van der Waals surface area contributed by atoms with Crippen LogP contribution in [0.3, 0.4) is 0 Å². The van der Waals surface area contributed by atoms with E-state index in [0.29, 0.717) is 17.1 Å². The van der Waals surface area contributed by atoms with Gasteiger partial charge in [0.2, 0.25) is 0 Å². The number of halogens is 1. The number of nitrogens with one attached hydrogen (secondary N) is 2. The van der Waals surface area contributed by atoms with E-state index in [9.17, 15) is 4.79 Å². The lowest BCUT2D eigenvalue weighted by atomic mass is 10.2. The van der Waals surface area contributed by atoms with E-state index in [1.54, 1.807) is 30.5 Å². The minimum atomic E-state index is -0.447. The molecule has 1 aliphatic rings. The first-order valence-corrected chi connectivity index (χ1v) is 5.39. The Bertz CT molecular complexity index is 582. The number of carbonyl (C=O) groups is 1. The average molecular weight is 250 g/mol. The molecule has 3 heterocycles. The molecule has 0 fully saturated rings. The molecular weight excluding hydrogens is 242 g/mol. The Morgan fingerprint density at radius 2 is 2.18 bits per heavy atom. The molecule has 86 valence electrons. The molecule has 2 aromatic rings. The number of carbonyl (C=O) groups excluding carboxylic acids is 1. The molecule has 1 amide bonds. The molecule has 0 spiro atoms. The van der Waals surface area contributed by atoms with Gasteiger partial charge in [-0.1, -0.05) is 0 Å². The maximum Gasteiger partial charge on any atom is 0.256 e. The van der Waals surface area contributed by atoms with E-state index in [0.717, 1.165) is 0 Å². The standard InChI is InChI=1S/C11H8ClN3O2/c12-8-4-3-7(17-8)10-14-9-6(11(16)15-10)2-1-5-13-9/h1-5,10H,(H,13,14)(H,15,16)/t10-/m0/s1. The van der Waals surface area contributed by atoms with Crippen LogP contribution in [-0.4, -0.2) is 10.9 Å². The van der Waals surface area contributed by atoms with Crippen LogP contribution in [-0.2, 0) is 0 Å². The lowest BCUT2D eigenvalue weighted by Gasteiger charge is -2.25. The second-order valence-electron chi connectivity index (χ2n) is 3.59. The zero-order valence-electron chi connectivity index (χ0n) is 8.61. The predicted molar refractivity (Wildman–Crippen MR) is 61.8 cm³/mol. The van der Waals surface area contributed by atoms with E-state index in [1.807, 2.05) is 0 Å². The summed E-state index contributed by atoms with van der Waals surface area (Å²) in [5, 5.41) is 6.10. The van der Waals surface area contributed by atoms with Gasteiger partial charge in [-0.05, 0) is 35.9 Å². The van der Waals surface area contributed by atoms with Crippen molar-refractivity contribution in [2.24, 2.45) is 0 Å². The monoisotopic (exact) mass is 249 g/mol. The number of hydrogen-bond acceptors (Lipinski definition) is 4. The Kier molecular flexibility index (Phi) is 2.26. The van der Waals surface area contributed by atoms with Crippen molar-refractivity contribution in [2.45, 2.75) is 6.17 Å². The normalized spacial score (nSPS) is 18.2. The first kappa shape index (κ1) is 10.2. The number of fused-ring (bicyclic) bond motifs is 1. The van der Waals surface area contributed by atoms with Gasteiger partial charge in [0.15, 0.2) is 11.4 Å². The summed E-state index contributed by atoms with van der Waals surface area (Å²) in [6.45, 7) is 0. The van der Waals surface area contributed by atoms with Gasteiger partial charge in [0.25, 0.3) is 5.91 Å². The number of pyridine rings is 1. The molecule has 0 unspecified atom stereocenters. The molecule has 5 nitrogen and oxygen atoms in total. The van der Waals surface area contributed by atoms with E-state index in [1.165, 1.54) is 0 Å². The smallest absolute Gasteiger partial charge is 0.256 e. The maximum atomic E-state index is 11.8. The largest absolute Gasteiger partial charge is 0.445 e. The van der Waals surface area contributed by atoms with Crippen molar-refractivity contribution < 1.29 is 9.21 Å². The van der Waals surface area contributed by atoms with Crippen LogP contribution in [0.25, 0.3) is 0 Å². The van der Waals surface area contributed by atoms with Gasteiger partial charge in [-0.3, -0.25) is 4.79 Å². The summed E-state index contributed by atoms with van der Waals surface area (Å²) in [4.78, 5) is 15.9. The molecule has 0 aliphatic carbocycles. The number of furan rings is 1. The van der Waals surface area contributed by atoms with Gasteiger partial charge in [-0.25, -0.2) is 4.98 Å². The van der Waals surface area contributed by atoms with Crippen molar-refractivity contribution in [1.82, 2.24) is 10.3 Å². The summed E-state index contributed by atoms with van der Waals surface area (Å²) < 4.78 is 5.25. The van der Waals surface area contributed by atoms with E-state index in [2.05, 4.69) is 15.6 Å². The van der Waals surface area contributed by atoms with Crippen LogP contribution in [0.5, 0.6) is 0 Å². The van der Waals surface area contributed by atoms with Crippen LogP contribution >= 0.6 is 11.6 Å². The lowest BCUT2D eigenvalue weighted by molar-refractivity contribution is 0.0930. The highest BCUT2D eigenvalue weighted by atomic mass is 35.5. The molecular formula is C11H8ClN3O2. The number of anilines is 1. The number of hydrogen-bond donors (Lipinski definition) is 2.